The molecule has 426 valence electrons. The topological polar surface area (TPSA) is 348 Å². The Morgan fingerprint density at radius 1 is 0.707 bits per heavy atom. The molecule has 0 spiro atoms. The van der Waals surface area contributed by atoms with Crippen LogP contribution in [0.1, 0.15) is 107 Å². The Kier molecular flexibility index (Phi) is 16.4. The number of fused-ring (bicyclic) bond motifs is 7. The van der Waals surface area contributed by atoms with Crippen molar-refractivity contribution in [1.29, 1.82) is 0 Å². The highest BCUT2D eigenvalue weighted by molar-refractivity contribution is 5.87. The zero-order valence-electron chi connectivity index (χ0n) is 44.4. The van der Waals surface area contributed by atoms with Gasteiger partial charge in [0.25, 0.3) is 0 Å². The van der Waals surface area contributed by atoms with Crippen molar-refractivity contribution in [2.75, 3.05) is 26.4 Å². The standard InChI is InChI=1S/C53H82O22/c1-10-23(2)44(67)75-41-42(70-24(3)56)53(22-55)26(17-48(41,4)5)25-11-12-30-49(6)15-14-32(50(7,21-54)29(49)13-16-51(30,8)52(25,9)18-31(53)59)71-47-39(73-46-36(63)34(61)28(58)20-69-46)37(64)38(40(74-47)43(65)66)72-45-35(62)33(60)27(57)19-68-45/h10-11,26-42,45-47,54-55,57-64H,12-22H2,1-9H3,(H,65,66)/b23-10-/t26-,27+,28+,29+,30+,31+,32-,33-,34-,35+,36+,37-,38-,39+,40-,41-,42-,45-,46-,47+,49-,50+,51+,52+,53-/m0/s1. The third-order valence-corrected chi connectivity index (χ3v) is 20.3. The Hall–Kier alpha value is -2.75. The van der Waals surface area contributed by atoms with Crippen LogP contribution in [0.25, 0.3) is 0 Å². The van der Waals surface area contributed by atoms with Crippen LogP contribution in [0.3, 0.4) is 0 Å². The Labute approximate surface area is 436 Å². The molecule has 4 saturated carbocycles. The second-order valence-corrected chi connectivity index (χ2v) is 24.6. The van der Waals surface area contributed by atoms with Crippen LogP contribution < -0.4 is 0 Å². The summed E-state index contributed by atoms with van der Waals surface area (Å²) in [7, 11) is 0. The third-order valence-electron chi connectivity index (χ3n) is 20.3. The van der Waals surface area contributed by atoms with Gasteiger partial charge in [0.05, 0.1) is 44.1 Å². The van der Waals surface area contributed by atoms with Crippen molar-refractivity contribution < 1.29 is 108 Å². The van der Waals surface area contributed by atoms with Gasteiger partial charge in [-0.3, -0.25) is 4.79 Å². The Bertz CT molecular complexity index is 2190. The predicted octanol–water partition coefficient (Wildman–Crippen LogP) is -0.0429. The van der Waals surface area contributed by atoms with Gasteiger partial charge in [-0.2, -0.15) is 0 Å². The fraction of sp³-hybridized carbons (Fsp3) is 0.868. The van der Waals surface area contributed by atoms with E-state index in [1.165, 1.54) is 6.92 Å². The summed E-state index contributed by atoms with van der Waals surface area (Å²) in [5, 5.41) is 121. The molecule has 22 nitrogen and oxygen atoms in total. The van der Waals surface area contributed by atoms with Crippen LogP contribution in [0.4, 0.5) is 0 Å². The smallest absolute Gasteiger partial charge is 0.335 e. The van der Waals surface area contributed by atoms with E-state index in [0.717, 1.165) is 5.57 Å². The van der Waals surface area contributed by atoms with Crippen LogP contribution in [0, 0.1) is 50.2 Å². The first kappa shape index (κ1) is 58.4. The van der Waals surface area contributed by atoms with Crippen LogP contribution in [-0.4, -0.2) is 205 Å². The summed E-state index contributed by atoms with van der Waals surface area (Å²) in [4.78, 5) is 39.3. The minimum absolute atomic E-state index is 0.0432. The monoisotopic (exact) mass is 1070 g/mol. The quantitative estimate of drug-likeness (QED) is 0.0528. The van der Waals surface area contributed by atoms with Crippen LogP contribution in [0.2, 0.25) is 0 Å². The summed E-state index contributed by atoms with van der Waals surface area (Å²) < 4.78 is 47.9. The zero-order valence-corrected chi connectivity index (χ0v) is 44.4. The summed E-state index contributed by atoms with van der Waals surface area (Å²) in [6, 6.07) is 0. The van der Waals surface area contributed by atoms with E-state index >= 15 is 0 Å². The van der Waals surface area contributed by atoms with Gasteiger partial charge in [-0.15, -0.1) is 0 Å². The molecule has 0 aromatic carbocycles. The van der Waals surface area contributed by atoms with Crippen molar-refractivity contribution >= 4 is 17.9 Å². The first-order valence-corrected chi connectivity index (χ1v) is 26.5. The summed E-state index contributed by atoms with van der Waals surface area (Å²) in [5.74, 6) is -3.65. The number of hydrogen-bond acceptors (Lipinski definition) is 21. The number of carboxylic acid groups (broad SMARTS) is 1. The van der Waals surface area contributed by atoms with E-state index in [1.807, 2.05) is 20.8 Å². The van der Waals surface area contributed by atoms with Crippen LogP contribution in [0.5, 0.6) is 0 Å². The molecule has 8 rings (SSSR count). The van der Waals surface area contributed by atoms with E-state index in [2.05, 4.69) is 26.8 Å². The van der Waals surface area contributed by atoms with Gasteiger partial charge in [0.2, 0.25) is 0 Å². The molecule has 75 heavy (non-hydrogen) atoms. The third kappa shape index (κ3) is 9.34. The number of rotatable bonds is 12. The lowest BCUT2D eigenvalue weighted by Crippen LogP contribution is -2.72. The average molecular weight is 1070 g/mol. The maximum absolute atomic E-state index is 13.4. The van der Waals surface area contributed by atoms with Crippen molar-refractivity contribution in [3.63, 3.8) is 0 Å². The van der Waals surface area contributed by atoms with Crippen molar-refractivity contribution in [2.45, 2.75) is 212 Å². The number of ether oxygens (including phenoxy) is 8. The molecule has 5 aliphatic carbocycles. The summed E-state index contributed by atoms with van der Waals surface area (Å²) in [6.07, 6.45) is -20.6. The second-order valence-electron chi connectivity index (χ2n) is 24.6. The van der Waals surface area contributed by atoms with Gasteiger partial charge in [0, 0.05) is 23.3 Å². The molecule has 11 N–H and O–H groups in total. The first-order valence-electron chi connectivity index (χ1n) is 26.5. The molecule has 7 fully saturated rings. The molecular formula is C53H82O22. The van der Waals surface area contributed by atoms with Gasteiger partial charge in [0.15, 0.2) is 25.0 Å². The Balaban J connectivity index is 1.10. The van der Waals surface area contributed by atoms with Crippen LogP contribution in [0.15, 0.2) is 23.3 Å². The Morgan fingerprint density at radius 3 is 1.85 bits per heavy atom. The van der Waals surface area contributed by atoms with Crippen LogP contribution in [-0.2, 0) is 52.3 Å². The summed E-state index contributed by atoms with van der Waals surface area (Å²) >= 11 is 0. The highest BCUT2D eigenvalue weighted by atomic mass is 16.8. The molecule has 3 aliphatic heterocycles. The molecule has 0 aromatic rings. The van der Waals surface area contributed by atoms with E-state index in [-0.39, 0.29) is 24.7 Å². The van der Waals surface area contributed by atoms with E-state index in [1.54, 1.807) is 19.9 Å². The molecule has 3 heterocycles. The molecule has 8 aliphatic rings. The lowest BCUT2D eigenvalue weighted by molar-refractivity contribution is -0.383. The van der Waals surface area contributed by atoms with E-state index in [0.29, 0.717) is 37.7 Å². The number of carbonyl (C=O) groups excluding carboxylic acids is 2. The minimum Gasteiger partial charge on any atom is -0.479 e. The number of hydrogen-bond donors (Lipinski definition) is 11. The van der Waals surface area contributed by atoms with Crippen LogP contribution >= 0.6 is 0 Å². The van der Waals surface area contributed by atoms with Gasteiger partial charge in [-0.25, -0.2) is 9.59 Å². The molecule has 0 bridgehead atoms. The Morgan fingerprint density at radius 2 is 1.31 bits per heavy atom. The van der Waals surface area contributed by atoms with Gasteiger partial charge < -0.3 is 94.1 Å². The number of carboxylic acids is 1. The fourth-order valence-electron chi connectivity index (χ4n) is 15.7. The molecule has 3 saturated heterocycles. The number of aliphatic hydroxyl groups is 10. The number of allylic oxidation sites excluding steroid dienone is 3. The molecule has 0 aromatic heterocycles. The normalized spacial score (nSPS) is 50.7. The number of aliphatic carboxylic acids is 1. The maximum Gasteiger partial charge on any atom is 0.335 e. The number of aliphatic hydroxyl groups excluding tert-OH is 10. The van der Waals surface area contributed by atoms with Gasteiger partial charge >= 0.3 is 17.9 Å². The fourth-order valence-corrected chi connectivity index (χ4v) is 15.7. The highest BCUT2D eigenvalue weighted by Crippen LogP contribution is 2.76. The predicted molar refractivity (Wildman–Crippen MR) is 257 cm³/mol. The van der Waals surface area contributed by atoms with Crippen molar-refractivity contribution in [3.05, 3.63) is 23.3 Å². The second kappa shape index (κ2) is 21.0. The first-order chi connectivity index (χ1) is 35.0. The van der Waals surface area contributed by atoms with E-state index < -0.39 is 187 Å². The molecule has 0 unspecified atom stereocenters. The number of esters is 2. The van der Waals surface area contributed by atoms with E-state index in [4.69, 9.17) is 37.9 Å². The van der Waals surface area contributed by atoms with Gasteiger partial charge in [0.1, 0.15) is 67.1 Å². The SMILES string of the molecule is C/C=C(/C)C(=O)O[C@H]1[C@H](OC(C)=O)[C@]2(CO)[C@H](O)C[C@]3(C)C(=CC[C@@H]4[C@@]5(C)CC[C@H](O[C@@H]6O[C@H](C(=O)O)[C@@H](O[C@@H]7OC[C@@H](O)[C@H](O)[C@H]7O)[C@H](O)[C@H]6O[C@@H]6OC[C@@H](O)[C@H](O)[C@H]6O)[C@](C)(CO)[C@@H]5CC[C@]43C)[C@@H]2CC1(C)C. The summed E-state index contributed by atoms with van der Waals surface area (Å²) in [5.41, 5.74) is -3.51. The molecule has 0 radical (unpaired) electrons. The largest absolute Gasteiger partial charge is 0.479 e. The maximum atomic E-state index is 13.4. The molecule has 0 amide bonds. The average Bonchev–Trinajstić information content (AvgIpc) is 3.34. The van der Waals surface area contributed by atoms with Gasteiger partial charge in [-0.05, 0) is 92.8 Å². The number of carbonyl (C=O) groups is 3. The minimum atomic E-state index is -2.04. The molecular weight excluding hydrogens is 989 g/mol. The summed E-state index contributed by atoms with van der Waals surface area (Å²) in [6.45, 7) is 15.1. The highest BCUT2D eigenvalue weighted by Gasteiger charge is 2.74. The lowest BCUT2D eigenvalue weighted by Gasteiger charge is -2.72. The van der Waals surface area contributed by atoms with Crippen molar-refractivity contribution in [3.8, 4) is 0 Å². The molecule has 22 heteroatoms. The lowest BCUT2D eigenvalue weighted by atomic mass is 9.33. The zero-order chi connectivity index (χ0) is 55.3. The van der Waals surface area contributed by atoms with Crippen molar-refractivity contribution in [1.82, 2.24) is 0 Å². The van der Waals surface area contributed by atoms with E-state index in [9.17, 15) is 70.6 Å². The van der Waals surface area contributed by atoms with Gasteiger partial charge in [-0.1, -0.05) is 59.3 Å². The molecule has 25 atom stereocenters. The van der Waals surface area contributed by atoms with Crippen molar-refractivity contribution in [2.24, 2.45) is 50.2 Å².